The number of rotatable bonds is 6. The van der Waals surface area contributed by atoms with Crippen LogP contribution in [0.1, 0.15) is 24.8 Å². The number of thioether (sulfide) groups is 1. The third-order valence-electron chi connectivity index (χ3n) is 4.41. The predicted molar refractivity (Wildman–Crippen MR) is 113 cm³/mol. The van der Waals surface area contributed by atoms with Crippen molar-refractivity contribution >= 4 is 40.9 Å². The normalized spacial score (nSPS) is 19.4. The van der Waals surface area contributed by atoms with Crippen LogP contribution in [-0.2, 0) is 19.1 Å². The zero-order valence-electron chi connectivity index (χ0n) is 16.5. The summed E-state index contributed by atoms with van der Waals surface area (Å²) in [5.74, 6) is -0.440. The number of carbonyl (C=O) groups is 3. The highest BCUT2D eigenvalue weighted by atomic mass is 32.2. The Morgan fingerprint density at radius 1 is 1.20 bits per heavy atom. The Kier molecular flexibility index (Phi) is 7.61. The predicted octanol–water partition coefficient (Wildman–Crippen LogP) is 1.69. The van der Waals surface area contributed by atoms with Crippen LogP contribution in [0, 0.1) is 0 Å². The monoisotopic (exact) mass is 430 g/mol. The van der Waals surface area contributed by atoms with Crippen molar-refractivity contribution in [3.8, 4) is 5.75 Å². The maximum absolute atomic E-state index is 12.1. The molecule has 0 saturated carbocycles. The molecule has 0 atom stereocenters. The molecule has 2 aliphatic rings. The summed E-state index contributed by atoms with van der Waals surface area (Å²) >= 11 is 1.00. The number of nitrogens with one attached hydrogen (secondary N) is 1. The Morgan fingerprint density at radius 2 is 1.93 bits per heavy atom. The molecule has 0 aromatic heterocycles. The van der Waals surface area contributed by atoms with Crippen molar-refractivity contribution in [3.05, 3.63) is 40.8 Å². The van der Waals surface area contributed by atoms with Crippen molar-refractivity contribution in [2.75, 3.05) is 26.8 Å². The molecule has 0 aliphatic carbocycles. The standard InChI is InChI=1S/C20H22N4O5S/c1-28-18(26)11-16-19(27)22-20(30-16)23-21-12-14-5-7-15(8-6-14)29-13-17(25)24-9-3-2-4-10-24/h5-8,11-12H,2-4,9-10,13H2,1H3,(H,22,23,27)/b16-11+,21-12?. The first kappa shape index (κ1) is 21.6. The van der Waals surface area contributed by atoms with Crippen molar-refractivity contribution in [3.63, 3.8) is 0 Å². The van der Waals surface area contributed by atoms with E-state index in [1.54, 1.807) is 24.3 Å². The van der Waals surface area contributed by atoms with E-state index in [-0.39, 0.29) is 22.6 Å². The number of ether oxygens (including phenoxy) is 2. The number of amides is 2. The van der Waals surface area contributed by atoms with E-state index >= 15 is 0 Å². The highest BCUT2D eigenvalue weighted by Crippen LogP contribution is 2.23. The average Bonchev–Trinajstić information content (AvgIpc) is 3.12. The fourth-order valence-electron chi connectivity index (χ4n) is 2.82. The third kappa shape index (κ3) is 6.18. The van der Waals surface area contributed by atoms with Crippen molar-refractivity contribution in [1.82, 2.24) is 10.2 Å². The first-order valence-electron chi connectivity index (χ1n) is 9.45. The van der Waals surface area contributed by atoms with Crippen LogP contribution in [0.15, 0.2) is 45.4 Å². The zero-order valence-corrected chi connectivity index (χ0v) is 17.3. The maximum Gasteiger partial charge on any atom is 0.331 e. The first-order chi connectivity index (χ1) is 14.5. The Hall–Kier alpha value is -3.14. The molecular formula is C20H22N4O5S. The lowest BCUT2D eigenvalue weighted by molar-refractivity contribution is -0.135. The first-order valence-corrected chi connectivity index (χ1v) is 10.3. The van der Waals surface area contributed by atoms with Gasteiger partial charge in [-0.05, 0) is 60.9 Å². The van der Waals surface area contributed by atoms with E-state index in [1.807, 2.05) is 4.90 Å². The Bertz CT molecular complexity index is 889. The molecule has 1 aromatic carbocycles. The molecule has 2 fully saturated rings. The Balaban J connectivity index is 1.49. The molecule has 3 rings (SSSR count). The van der Waals surface area contributed by atoms with E-state index in [4.69, 9.17) is 4.74 Å². The van der Waals surface area contributed by atoms with Gasteiger partial charge in [-0.2, -0.15) is 5.10 Å². The van der Waals surface area contributed by atoms with Gasteiger partial charge in [-0.1, -0.05) is 0 Å². The molecule has 1 N–H and O–H groups in total. The van der Waals surface area contributed by atoms with Gasteiger partial charge in [0.25, 0.3) is 11.8 Å². The van der Waals surface area contributed by atoms with E-state index in [0.29, 0.717) is 5.75 Å². The summed E-state index contributed by atoms with van der Waals surface area (Å²) in [7, 11) is 1.24. The van der Waals surface area contributed by atoms with Crippen molar-refractivity contribution < 1.29 is 23.9 Å². The molecule has 1 aromatic rings. The van der Waals surface area contributed by atoms with E-state index in [1.165, 1.54) is 19.7 Å². The topological polar surface area (TPSA) is 110 Å². The van der Waals surface area contributed by atoms with Gasteiger partial charge >= 0.3 is 5.97 Å². The minimum Gasteiger partial charge on any atom is -0.484 e. The van der Waals surface area contributed by atoms with Gasteiger partial charge in [0.05, 0.1) is 18.2 Å². The van der Waals surface area contributed by atoms with Gasteiger partial charge in [-0.15, -0.1) is 5.10 Å². The summed E-state index contributed by atoms with van der Waals surface area (Å²) in [6.07, 6.45) is 5.89. The molecule has 0 bridgehead atoms. The molecule has 0 unspecified atom stereocenters. The summed E-state index contributed by atoms with van der Waals surface area (Å²) in [4.78, 5) is 37.1. The number of hydrogen-bond donors (Lipinski definition) is 1. The quantitative estimate of drug-likeness (QED) is 0.318. The average molecular weight is 430 g/mol. The van der Waals surface area contributed by atoms with Crippen LogP contribution in [0.4, 0.5) is 0 Å². The van der Waals surface area contributed by atoms with Crippen molar-refractivity contribution in [1.29, 1.82) is 0 Å². The maximum atomic E-state index is 12.1. The summed E-state index contributed by atoms with van der Waals surface area (Å²) in [5, 5.41) is 10.6. The van der Waals surface area contributed by atoms with E-state index < -0.39 is 11.9 Å². The second-order valence-electron chi connectivity index (χ2n) is 6.54. The van der Waals surface area contributed by atoms with E-state index in [2.05, 4.69) is 20.3 Å². The molecule has 10 heteroatoms. The number of likely N-dealkylation sites (tertiary alicyclic amines) is 1. The molecule has 30 heavy (non-hydrogen) atoms. The van der Waals surface area contributed by atoms with Crippen LogP contribution in [0.5, 0.6) is 5.75 Å². The highest BCUT2D eigenvalue weighted by molar-refractivity contribution is 8.18. The third-order valence-corrected chi connectivity index (χ3v) is 5.31. The highest BCUT2D eigenvalue weighted by Gasteiger charge is 2.25. The van der Waals surface area contributed by atoms with Crippen LogP contribution >= 0.6 is 11.8 Å². The number of piperidine rings is 1. The van der Waals surface area contributed by atoms with Gasteiger partial charge in [-0.3, -0.25) is 14.9 Å². The largest absolute Gasteiger partial charge is 0.484 e. The number of nitrogens with zero attached hydrogens (tertiary/aromatic N) is 3. The number of amidine groups is 1. The van der Waals surface area contributed by atoms with Crippen LogP contribution in [0.3, 0.4) is 0 Å². The molecule has 2 saturated heterocycles. The molecule has 2 aliphatic heterocycles. The summed E-state index contributed by atoms with van der Waals surface area (Å²) < 4.78 is 10.1. The summed E-state index contributed by atoms with van der Waals surface area (Å²) in [6.45, 7) is 1.64. The van der Waals surface area contributed by atoms with Crippen LogP contribution < -0.4 is 10.1 Å². The molecule has 0 spiro atoms. The second kappa shape index (κ2) is 10.6. The smallest absolute Gasteiger partial charge is 0.331 e. The van der Waals surface area contributed by atoms with Gasteiger partial charge < -0.3 is 14.4 Å². The fraction of sp³-hybridized carbons (Fsp3) is 0.350. The molecule has 2 heterocycles. The Morgan fingerprint density at radius 3 is 2.63 bits per heavy atom. The number of carbonyl (C=O) groups excluding carboxylic acids is 3. The molecule has 9 nitrogen and oxygen atoms in total. The van der Waals surface area contributed by atoms with Gasteiger partial charge in [0.15, 0.2) is 11.8 Å². The van der Waals surface area contributed by atoms with E-state index in [0.717, 1.165) is 49.3 Å². The Labute approximate surface area is 178 Å². The molecule has 2 amide bonds. The molecule has 158 valence electrons. The SMILES string of the molecule is COC(=O)/C=C1/S/C(=N\N=Cc2ccc(OCC(=O)N3CCCCC3)cc2)NC1=O. The fourth-order valence-corrected chi connectivity index (χ4v) is 3.56. The lowest BCUT2D eigenvalue weighted by Gasteiger charge is -2.26. The summed E-state index contributed by atoms with van der Waals surface area (Å²) in [5.41, 5.74) is 0.772. The number of benzene rings is 1. The second-order valence-corrected chi connectivity index (χ2v) is 7.57. The minimum absolute atomic E-state index is 0.00731. The van der Waals surface area contributed by atoms with Gasteiger partial charge in [0.1, 0.15) is 5.75 Å². The minimum atomic E-state index is -0.614. The van der Waals surface area contributed by atoms with Crippen molar-refractivity contribution in [2.24, 2.45) is 10.2 Å². The number of methoxy groups -OCH3 is 1. The van der Waals surface area contributed by atoms with Crippen LogP contribution in [0.25, 0.3) is 0 Å². The molecule has 0 radical (unpaired) electrons. The van der Waals surface area contributed by atoms with Crippen LogP contribution in [-0.4, -0.2) is 60.9 Å². The zero-order chi connectivity index (χ0) is 21.3. The van der Waals surface area contributed by atoms with Gasteiger partial charge in [0, 0.05) is 19.2 Å². The van der Waals surface area contributed by atoms with Crippen molar-refractivity contribution in [2.45, 2.75) is 19.3 Å². The lowest BCUT2D eigenvalue weighted by atomic mass is 10.1. The van der Waals surface area contributed by atoms with E-state index in [9.17, 15) is 14.4 Å². The molecular weight excluding hydrogens is 408 g/mol. The van der Waals surface area contributed by atoms with Gasteiger partial charge in [-0.25, -0.2) is 4.79 Å². The number of hydrogen-bond acceptors (Lipinski definition) is 8. The van der Waals surface area contributed by atoms with Gasteiger partial charge in [0.2, 0.25) is 0 Å². The summed E-state index contributed by atoms with van der Waals surface area (Å²) in [6, 6.07) is 7.07. The number of esters is 1. The van der Waals surface area contributed by atoms with Crippen LogP contribution in [0.2, 0.25) is 0 Å². The lowest BCUT2D eigenvalue weighted by Crippen LogP contribution is -2.38.